The molecule has 3 nitrogen and oxygen atoms in total. The molecule has 89 valence electrons. The molecule has 16 heavy (non-hydrogen) atoms. The van der Waals surface area contributed by atoms with Crippen LogP contribution < -0.4 is 0 Å². The Kier molecular flexibility index (Phi) is 4.93. The van der Waals surface area contributed by atoms with Crippen molar-refractivity contribution in [3.05, 3.63) is 42.4 Å². The summed E-state index contributed by atoms with van der Waals surface area (Å²) >= 11 is 0. The Labute approximate surface area is 98.3 Å². The van der Waals surface area contributed by atoms with E-state index in [1.807, 2.05) is 33.3 Å². The first kappa shape index (κ1) is 13.2. The highest BCUT2D eigenvalue weighted by Crippen LogP contribution is 2.15. The molecule has 0 spiro atoms. The number of rotatable bonds is 5. The van der Waals surface area contributed by atoms with Gasteiger partial charge in [0.1, 0.15) is 0 Å². The first-order valence-corrected chi connectivity index (χ1v) is 5.42. The molecule has 1 aromatic rings. The molecule has 0 amide bonds. The highest BCUT2D eigenvalue weighted by molar-refractivity contribution is 5.24. The SMILES string of the molecule is [CH2]N(C)CC(O)c1ccc(CN(C)C)cc1. The van der Waals surface area contributed by atoms with Crippen LogP contribution in [0.25, 0.3) is 0 Å². The number of nitrogens with zero attached hydrogens (tertiary/aromatic N) is 2. The van der Waals surface area contributed by atoms with Crippen molar-refractivity contribution in [1.82, 2.24) is 9.80 Å². The number of likely N-dealkylation sites (N-methyl/N-ethyl adjacent to an activating group) is 1. The van der Waals surface area contributed by atoms with Gasteiger partial charge < -0.3 is 14.9 Å². The standard InChI is InChI=1S/C13H21N2O/c1-14(2)9-11-5-7-12(8-6-11)13(16)10-15(3)4/h5-8,13,16H,3,9-10H2,1-2,4H3. The second-order valence-electron chi connectivity index (χ2n) is 4.53. The molecule has 3 heteroatoms. The zero-order valence-electron chi connectivity index (χ0n) is 10.3. The van der Waals surface area contributed by atoms with E-state index in [0.29, 0.717) is 6.54 Å². The number of hydrogen-bond donors (Lipinski definition) is 1. The molecule has 1 atom stereocenters. The Hall–Kier alpha value is -0.900. The molecule has 0 aliphatic carbocycles. The van der Waals surface area contributed by atoms with Gasteiger partial charge in [0.2, 0.25) is 0 Å². The van der Waals surface area contributed by atoms with Crippen LogP contribution in [0.1, 0.15) is 17.2 Å². The maximum atomic E-state index is 9.87. The molecule has 1 radical (unpaired) electrons. The molecule has 1 rings (SSSR count). The van der Waals surface area contributed by atoms with Gasteiger partial charge >= 0.3 is 0 Å². The Morgan fingerprint density at radius 2 is 1.75 bits per heavy atom. The predicted molar refractivity (Wildman–Crippen MR) is 66.8 cm³/mol. The summed E-state index contributed by atoms with van der Waals surface area (Å²) in [6.07, 6.45) is -0.462. The Balaban J connectivity index is 2.63. The van der Waals surface area contributed by atoms with Crippen LogP contribution in [-0.2, 0) is 6.54 Å². The fourth-order valence-corrected chi connectivity index (χ4v) is 1.61. The van der Waals surface area contributed by atoms with Crippen LogP contribution in [0, 0.1) is 7.05 Å². The monoisotopic (exact) mass is 221 g/mol. The third-order valence-electron chi connectivity index (χ3n) is 2.35. The van der Waals surface area contributed by atoms with Crippen molar-refractivity contribution in [2.45, 2.75) is 12.6 Å². The predicted octanol–water partition coefficient (Wildman–Crippen LogP) is 1.50. The van der Waals surface area contributed by atoms with Gasteiger partial charge in [-0.15, -0.1) is 0 Å². The van der Waals surface area contributed by atoms with E-state index in [9.17, 15) is 5.11 Å². The smallest absolute Gasteiger partial charge is 0.0916 e. The average molecular weight is 221 g/mol. The fraction of sp³-hybridized carbons (Fsp3) is 0.462. The second kappa shape index (κ2) is 5.99. The molecule has 0 bridgehead atoms. The third kappa shape index (κ3) is 4.31. The van der Waals surface area contributed by atoms with Crippen molar-refractivity contribution in [2.24, 2.45) is 0 Å². The van der Waals surface area contributed by atoms with E-state index in [-0.39, 0.29) is 0 Å². The van der Waals surface area contributed by atoms with Gasteiger partial charge in [0.15, 0.2) is 0 Å². The fourth-order valence-electron chi connectivity index (χ4n) is 1.61. The molecular weight excluding hydrogens is 200 g/mol. The first-order chi connectivity index (χ1) is 7.49. The van der Waals surface area contributed by atoms with Crippen LogP contribution in [0.5, 0.6) is 0 Å². The molecule has 1 unspecified atom stereocenters. The van der Waals surface area contributed by atoms with E-state index in [1.54, 1.807) is 4.90 Å². The van der Waals surface area contributed by atoms with Crippen LogP contribution in [0.3, 0.4) is 0 Å². The van der Waals surface area contributed by atoms with Crippen molar-refractivity contribution < 1.29 is 5.11 Å². The van der Waals surface area contributed by atoms with Gasteiger partial charge in [-0.05, 0) is 32.3 Å². The highest BCUT2D eigenvalue weighted by atomic mass is 16.3. The van der Waals surface area contributed by atoms with Crippen molar-refractivity contribution in [1.29, 1.82) is 0 Å². The van der Waals surface area contributed by atoms with Crippen molar-refractivity contribution in [3.8, 4) is 0 Å². The van der Waals surface area contributed by atoms with Gasteiger partial charge in [-0.2, -0.15) is 0 Å². The lowest BCUT2D eigenvalue weighted by molar-refractivity contribution is 0.144. The summed E-state index contributed by atoms with van der Waals surface area (Å²) in [5.74, 6) is 0. The molecule has 0 saturated heterocycles. The second-order valence-corrected chi connectivity index (χ2v) is 4.53. The summed E-state index contributed by atoms with van der Waals surface area (Å²) in [7, 11) is 9.66. The zero-order valence-corrected chi connectivity index (χ0v) is 10.3. The summed E-state index contributed by atoms with van der Waals surface area (Å²) < 4.78 is 0. The molecule has 0 aromatic heterocycles. The topological polar surface area (TPSA) is 26.7 Å². The molecular formula is C13H21N2O. The lowest BCUT2D eigenvalue weighted by Crippen LogP contribution is -2.18. The molecule has 0 fully saturated rings. The van der Waals surface area contributed by atoms with E-state index in [0.717, 1.165) is 12.1 Å². The molecule has 0 heterocycles. The maximum absolute atomic E-state index is 9.87. The number of hydrogen-bond acceptors (Lipinski definition) is 3. The summed E-state index contributed by atoms with van der Waals surface area (Å²) in [4.78, 5) is 3.85. The number of aliphatic hydroxyl groups is 1. The minimum absolute atomic E-state index is 0.462. The normalized spacial score (nSPS) is 13.4. The summed E-state index contributed by atoms with van der Waals surface area (Å²) in [6, 6.07) is 8.07. The van der Waals surface area contributed by atoms with Crippen LogP contribution >= 0.6 is 0 Å². The molecule has 0 saturated carbocycles. The quantitative estimate of drug-likeness (QED) is 0.816. The largest absolute Gasteiger partial charge is 0.387 e. The van der Waals surface area contributed by atoms with Gasteiger partial charge in [0, 0.05) is 20.1 Å². The van der Waals surface area contributed by atoms with E-state index in [4.69, 9.17) is 0 Å². The molecule has 0 aliphatic rings. The summed E-state index contributed by atoms with van der Waals surface area (Å²) in [5, 5.41) is 9.87. The van der Waals surface area contributed by atoms with E-state index in [1.165, 1.54) is 5.56 Å². The lowest BCUT2D eigenvalue weighted by atomic mass is 10.1. The Morgan fingerprint density at radius 3 is 2.19 bits per heavy atom. The number of aliphatic hydroxyl groups excluding tert-OH is 1. The van der Waals surface area contributed by atoms with Gasteiger partial charge in [-0.1, -0.05) is 24.3 Å². The molecule has 0 aliphatic heterocycles. The van der Waals surface area contributed by atoms with Gasteiger partial charge in [-0.3, -0.25) is 0 Å². The van der Waals surface area contributed by atoms with Crippen molar-refractivity contribution >= 4 is 0 Å². The highest BCUT2D eigenvalue weighted by Gasteiger charge is 2.08. The van der Waals surface area contributed by atoms with E-state index >= 15 is 0 Å². The lowest BCUT2D eigenvalue weighted by Gasteiger charge is -2.16. The van der Waals surface area contributed by atoms with Gasteiger partial charge in [0.05, 0.1) is 6.10 Å². The van der Waals surface area contributed by atoms with E-state index < -0.39 is 6.10 Å². The minimum atomic E-state index is -0.462. The Bertz CT molecular complexity index is 306. The maximum Gasteiger partial charge on any atom is 0.0916 e. The average Bonchev–Trinajstić information content (AvgIpc) is 2.16. The van der Waals surface area contributed by atoms with Crippen molar-refractivity contribution in [3.63, 3.8) is 0 Å². The third-order valence-corrected chi connectivity index (χ3v) is 2.35. The molecule has 1 N–H and O–H groups in total. The summed E-state index contributed by atoms with van der Waals surface area (Å²) in [6.45, 7) is 1.47. The zero-order chi connectivity index (χ0) is 12.1. The minimum Gasteiger partial charge on any atom is -0.387 e. The molecule has 1 aromatic carbocycles. The van der Waals surface area contributed by atoms with Crippen LogP contribution in [0.2, 0.25) is 0 Å². The number of benzene rings is 1. The van der Waals surface area contributed by atoms with Gasteiger partial charge in [-0.25, -0.2) is 0 Å². The Morgan fingerprint density at radius 1 is 1.19 bits per heavy atom. The summed E-state index contributed by atoms with van der Waals surface area (Å²) in [5.41, 5.74) is 2.20. The van der Waals surface area contributed by atoms with Crippen molar-refractivity contribution in [2.75, 3.05) is 27.7 Å². The van der Waals surface area contributed by atoms with Crippen LogP contribution in [-0.4, -0.2) is 42.6 Å². The van der Waals surface area contributed by atoms with Crippen LogP contribution in [0.15, 0.2) is 24.3 Å². The van der Waals surface area contributed by atoms with Crippen LogP contribution in [0.4, 0.5) is 0 Å². The van der Waals surface area contributed by atoms with E-state index in [2.05, 4.69) is 24.1 Å². The van der Waals surface area contributed by atoms with Gasteiger partial charge in [0.25, 0.3) is 0 Å². The first-order valence-electron chi connectivity index (χ1n) is 5.42.